The molecule has 0 saturated heterocycles. The number of aromatic carboxylic acids is 1. The molecule has 78 valence electrons. The van der Waals surface area contributed by atoms with Crippen LogP contribution in [0, 0.1) is 0 Å². The van der Waals surface area contributed by atoms with Crippen LogP contribution in [0.15, 0.2) is 18.2 Å². The first kappa shape index (κ1) is 9.71. The molecule has 0 fully saturated rings. The van der Waals surface area contributed by atoms with Crippen LogP contribution in [-0.4, -0.2) is 21.9 Å². The summed E-state index contributed by atoms with van der Waals surface area (Å²) in [7, 11) is 0. The minimum absolute atomic E-state index is 0.0167. The second-order valence-electron chi connectivity index (χ2n) is 3.66. The molecule has 1 N–H and O–H groups in total. The average Bonchev–Trinajstić information content (AvgIpc) is 2.59. The molecule has 1 aromatic rings. The maximum Gasteiger partial charge on any atom is 0.335 e. The normalized spacial score (nSPS) is 13.8. The van der Waals surface area contributed by atoms with E-state index >= 15 is 0 Å². The van der Waals surface area contributed by atoms with E-state index in [0.29, 0.717) is 13.1 Å². The predicted octanol–water partition coefficient (Wildman–Crippen LogP) is 1.25. The van der Waals surface area contributed by atoms with Crippen LogP contribution in [0.5, 0.6) is 0 Å². The topological polar surface area (TPSA) is 57.6 Å². The van der Waals surface area contributed by atoms with Gasteiger partial charge >= 0.3 is 5.97 Å². The minimum Gasteiger partial charge on any atom is -0.478 e. The Hall–Kier alpha value is -1.84. The van der Waals surface area contributed by atoms with E-state index < -0.39 is 5.97 Å². The van der Waals surface area contributed by atoms with E-state index in [1.165, 1.54) is 6.92 Å². The average molecular weight is 205 g/mol. The lowest BCUT2D eigenvalue weighted by Gasteiger charge is -2.10. The molecule has 0 aliphatic carbocycles. The lowest BCUT2D eigenvalue weighted by atomic mass is 10.1. The summed E-state index contributed by atoms with van der Waals surface area (Å²) in [5.74, 6) is -0.915. The summed E-state index contributed by atoms with van der Waals surface area (Å²) in [4.78, 5) is 23.6. The third kappa shape index (κ3) is 1.70. The number of hydrogen-bond acceptors (Lipinski definition) is 2. The Morgan fingerprint density at radius 3 is 2.53 bits per heavy atom. The van der Waals surface area contributed by atoms with Crippen LogP contribution in [0.4, 0.5) is 0 Å². The van der Waals surface area contributed by atoms with E-state index in [4.69, 9.17) is 5.11 Å². The molecule has 0 spiro atoms. The molecule has 2 rings (SSSR count). The standard InChI is InChI=1S/C11H11NO3/c1-7(13)12-5-9-3-2-8(11(14)15)4-10(9)6-12/h2-4H,5-6H2,1H3,(H,14,15). The summed E-state index contributed by atoms with van der Waals surface area (Å²) < 4.78 is 0. The molecule has 0 bridgehead atoms. The number of carbonyl (C=O) groups excluding carboxylic acids is 1. The largest absolute Gasteiger partial charge is 0.478 e. The number of carboxylic acid groups (broad SMARTS) is 1. The Balaban J connectivity index is 2.31. The molecule has 1 aliphatic heterocycles. The van der Waals surface area contributed by atoms with Crippen molar-refractivity contribution in [2.75, 3.05) is 0 Å². The van der Waals surface area contributed by atoms with E-state index in [-0.39, 0.29) is 11.5 Å². The number of hydrogen-bond donors (Lipinski definition) is 1. The van der Waals surface area contributed by atoms with Crippen molar-refractivity contribution in [2.45, 2.75) is 20.0 Å². The van der Waals surface area contributed by atoms with Crippen molar-refractivity contribution in [3.63, 3.8) is 0 Å². The number of amides is 1. The third-order valence-corrected chi connectivity index (χ3v) is 2.62. The third-order valence-electron chi connectivity index (χ3n) is 2.62. The van der Waals surface area contributed by atoms with Crippen molar-refractivity contribution in [2.24, 2.45) is 0 Å². The van der Waals surface area contributed by atoms with Gasteiger partial charge in [0.25, 0.3) is 0 Å². The van der Waals surface area contributed by atoms with Gasteiger partial charge in [-0.25, -0.2) is 4.79 Å². The molecule has 1 aromatic carbocycles. The zero-order chi connectivity index (χ0) is 11.0. The lowest BCUT2D eigenvalue weighted by molar-refractivity contribution is -0.129. The molecule has 0 atom stereocenters. The maximum absolute atomic E-state index is 11.1. The Kier molecular flexibility index (Phi) is 2.19. The van der Waals surface area contributed by atoms with Crippen molar-refractivity contribution in [3.8, 4) is 0 Å². The quantitative estimate of drug-likeness (QED) is 0.750. The van der Waals surface area contributed by atoms with Gasteiger partial charge in [-0.15, -0.1) is 0 Å². The van der Waals surface area contributed by atoms with Crippen LogP contribution < -0.4 is 0 Å². The first-order valence-corrected chi connectivity index (χ1v) is 4.68. The second-order valence-corrected chi connectivity index (χ2v) is 3.66. The van der Waals surface area contributed by atoms with Gasteiger partial charge in [-0.2, -0.15) is 0 Å². The Bertz CT molecular complexity index is 439. The summed E-state index contributed by atoms with van der Waals surface area (Å²) in [5.41, 5.74) is 2.25. The number of rotatable bonds is 1. The molecule has 0 saturated carbocycles. The highest BCUT2D eigenvalue weighted by Crippen LogP contribution is 2.23. The molecule has 15 heavy (non-hydrogen) atoms. The van der Waals surface area contributed by atoms with E-state index in [1.807, 2.05) is 0 Å². The number of nitrogens with zero attached hydrogens (tertiary/aromatic N) is 1. The van der Waals surface area contributed by atoms with Gasteiger partial charge in [-0.3, -0.25) is 4.79 Å². The van der Waals surface area contributed by atoms with Crippen molar-refractivity contribution >= 4 is 11.9 Å². The molecular formula is C11H11NO3. The molecule has 0 unspecified atom stereocenters. The second kappa shape index (κ2) is 3.38. The van der Waals surface area contributed by atoms with Crippen LogP contribution >= 0.6 is 0 Å². The van der Waals surface area contributed by atoms with Crippen molar-refractivity contribution < 1.29 is 14.7 Å². The van der Waals surface area contributed by atoms with Crippen LogP contribution in [0.2, 0.25) is 0 Å². The SMILES string of the molecule is CC(=O)N1Cc2ccc(C(=O)O)cc2C1. The van der Waals surface area contributed by atoms with Gasteiger partial charge in [-0.05, 0) is 23.3 Å². The highest BCUT2D eigenvalue weighted by atomic mass is 16.4. The van der Waals surface area contributed by atoms with E-state index in [9.17, 15) is 9.59 Å². The summed E-state index contributed by atoms with van der Waals surface area (Å²) >= 11 is 0. The fraction of sp³-hybridized carbons (Fsp3) is 0.273. The summed E-state index contributed by atoms with van der Waals surface area (Å²) in [6.07, 6.45) is 0. The van der Waals surface area contributed by atoms with Crippen LogP contribution in [-0.2, 0) is 17.9 Å². The van der Waals surface area contributed by atoms with Gasteiger partial charge < -0.3 is 10.0 Å². The summed E-state index contributed by atoms with van der Waals surface area (Å²) in [5, 5.41) is 8.81. The number of carbonyl (C=O) groups is 2. The Morgan fingerprint density at radius 1 is 1.27 bits per heavy atom. The molecule has 4 heteroatoms. The molecule has 4 nitrogen and oxygen atoms in total. The summed E-state index contributed by atoms with van der Waals surface area (Å²) in [6.45, 7) is 2.63. The van der Waals surface area contributed by atoms with Gasteiger partial charge in [-0.1, -0.05) is 6.07 Å². The highest BCUT2D eigenvalue weighted by molar-refractivity contribution is 5.88. The smallest absolute Gasteiger partial charge is 0.335 e. The zero-order valence-corrected chi connectivity index (χ0v) is 8.36. The maximum atomic E-state index is 11.1. The van der Waals surface area contributed by atoms with E-state index in [1.54, 1.807) is 23.1 Å². The van der Waals surface area contributed by atoms with Gasteiger partial charge in [0, 0.05) is 20.0 Å². The minimum atomic E-state index is -0.931. The first-order valence-electron chi connectivity index (χ1n) is 4.68. The van der Waals surface area contributed by atoms with Gasteiger partial charge in [0.05, 0.1) is 5.56 Å². The summed E-state index contributed by atoms with van der Waals surface area (Å²) in [6, 6.07) is 4.99. The molecule has 1 amide bonds. The lowest BCUT2D eigenvalue weighted by Crippen LogP contribution is -2.21. The molecule has 0 radical (unpaired) electrons. The molecule has 0 aromatic heterocycles. The number of fused-ring (bicyclic) bond motifs is 1. The zero-order valence-electron chi connectivity index (χ0n) is 8.36. The fourth-order valence-corrected chi connectivity index (χ4v) is 1.75. The predicted molar refractivity (Wildman–Crippen MR) is 53.3 cm³/mol. The number of benzene rings is 1. The van der Waals surface area contributed by atoms with Crippen molar-refractivity contribution in [3.05, 3.63) is 34.9 Å². The molecule has 1 aliphatic rings. The monoisotopic (exact) mass is 205 g/mol. The Morgan fingerprint density at radius 2 is 1.93 bits per heavy atom. The van der Waals surface area contributed by atoms with Crippen LogP contribution in [0.25, 0.3) is 0 Å². The molecule has 1 heterocycles. The van der Waals surface area contributed by atoms with Gasteiger partial charge in [0.2, 0.25) is 5.91 Å². The van der Waals surface area contributed by atoms with Gasteiger partial charge in [0.1, 0.15) is 0 Å². The molecular weight excluding hydrogens is 194 g/mol. The highest BCUT2D eigenvalue weighted by Gasteiger charge is 2.21. The fourth-order valence-electron chi connectivity index (χ4n) is 1.75. The Labute approximate surface area is 87.1 Å². The van der Waals surface area contributed by atoms with Crippen molar-refractivity contribution in [1.29, 1.82) is 0 Å². The van der Waals surface area contributed by atoms with Crippen LogP contribution in [0.1, 0.15) is 28.4 Å². The van der Waals surface area contributed by atoms with E-state index in [2.05, 4.69) is 0 Å². The van der Waals surface area contributed by atoms with Crippen LogP contribution in [0.3, 0.4) is 0 Å². The number of carboxylic acids is 1. The van der Waals surface area contributed by atoms with Gasteiger partial charge in [0.15, 0.2) is 0 Å². The van der Waals surface area contributed by atoms with E-state index in [0.717, 1.165) is 11.1 Å². The van der Waals surface area contributed by atoms with Crippen molar-refractivity contribution in [1.82, 2.24) is 4.90 Å². The first-order chi connectivity index (χ1) is 7.08.